The first kappa shape index (κ1) is 18.4. The summed E-state index contributed by atoms with van der Waals surface area (Å²) < 4.78 is 0. The van der Waals surface area contributed by atoms with Crippen LogP contribution in [0.2, 0.25) is 0 Å². The molecule has 3 rings (SSSR count). The van der Waals surface area contributed by atoms with Gasteiger partial charge in [-0.1, -0.05) is 72.8 Å². The van der Waals surface area contributed by atoms with Gasteiger partial charge < -0.3 is 10.4 Å². The van der Waals surface area contributed by atoms with E-state index in [4.69, 9.17) is 5.11 Å². The Balaban J connectivity index is 1.67. The molecule has 0 aliphatic carbocycles. The minimum Gasteiger partial charge on any atom is -0.478 e. The van der Waals surface area contributed by atoms with Crippen LogP contribution in [0.15, 0.2) is 84.9 Å². The van der Waals surface area contributed by atoms with Crippen molar-refractivity contribution in [3.05, 3.63) is 107 Å². The fourth-order valence-electron chi connectivity index (χ4n) is 3.02. The Labute approximate surface area is 158 Å². The van der Waals surface area contributed by atoms with Crippen molar-refractivity contribution in [2.24, 2.45) is 0 Å². The van der Waals surface area contributed by atoms with E-state index < -0.39 is 5.97 Å². The lowest BCUT2D eigenvalue weighted by Gasteiger charge is -2.18. The van der Waals surface area contributed by atoms with E-state index in [1.807, 2.05) is 60.7 Å². The zero-order valence-electron chi connectivity index (χ0n) is 14.8. The maximum atomic E-state index is 12.5. The van der Waals surface area contributed by atoms with Crippen LogP contribution < -0.4 is 5.32 Å². The Hall–Kier alpha value is -3.40. The first-order valence-corrected chi connectivity index (χ1v) is 8.82. The second-order valence-corrected chi connectivity index (χ2v) is 6.36. The molecule has 27 heavy (non-hydrogen) atoms. The molecule has 0 heterocycles. The van der Waals surface area contributed by atoms with Crippen molar-refractivity contribution in [2.75, 3.05) is 0 Å². The predicted octanol–water partition coefficient (Wildman–Crippen LogP) is 4.22. The number of nitrogens with one attached hydrogen (secondary N) is 1. The van der Waals surface area contributed by atoms with Crippen LogP contribution >= 0.6 is 0 Å². The van der Waals surface area contributed by atoms with E-state index in [9.17, 15) is 9.59 Å². The standard InChI is InChI=1S/C23H21NO3/c25-22(24-16-17-11-13-20(14-12-17)23(26)27)15-21(18-7-3-1-4-8-18)19-9-5-2-6-10-19/h1-14,21H,15-16H2,(H,24,25)(H,26,27). The SMILES string of the molecule is O=C(CC(c1ccccc1)c1ccccc1)NCc1ccc(C(=O)O)cc1. The summed E-state index contributed by atoms with van der Waals surface area (Å²) in [5.41, 5.74) is 3.30. The van der Waals surface area contributed by atoms with Crippen LogP contribution in [0.1, 0.15) is 39.4 Å². The molecule has 3 aromatic rings. The zero-order valence-corrected chi connectivity index (χ0v) is 14.8. The van der Waals surface area contributed by atoms with Gasteiger partial charge in [-0.25, -0.2) is 4.79 Å². The van der Waals surface area contributed by atoms with Gasteiger partial charge in [0, 0.05) is 18.9 Å². The van der Waals surface area contributed by atoms with E-state index in [2.05, 4.69) is 5.32 Å². The molecule has 0 spiro atoms. The number of carboxylic acid groups (broad SMARTS) is 1. The largest absolute Gasteiger partial charge is 0.478 e. The van der Waals surface area contributed by atoms with Crippen LogP contribution in [0.25, 0.3) is 0 Å². The van der Waals surface area contributed by atoms with Crippen LogP contribution in [0.3, 0.4) is 0 Å². The minimum absolute atomic E-state index is 0.0122. The van der Waals surface area contributed by atoms with Gasteiger partial charge in [-0.15, -0.1) is 0 Å². The van der Waals surface area contributed by atoms with Gasteiger partial charge in [0.05, 0.1) is 5.56 Å². The third-order valence-electron chi connectivity index (χ3n) is 4.48. The van der Waals surface area contributed by atoms with E-state index in [1.165, 1.54) is 0 Å². The van der Waals surface area contributed by atoms with Crippen LogP contribution in [0, 0.1) is 0 Å². The number of carbonyl (C=O) groups is 2. The molecule has 4 heteroatoms. The molecule has 0 aromatic heterocycles. The Morgan fingerprint density at radius 1 is 0.778 bits per heavy atom. The summed E-state index contributed by atoms with van der Waals surface area (Å²) in [5.74, 6) is -1.02. The highest BCUT2D eigenvalue weighted by molar-refractivity contribution is 5.87. The van der Waals surface area contributed by atoms with E-state index in [-0.39, 0.29) is 17.4 Å². The fraction of sp³-hybridized carbons (Fsp3) is 0.130. The number of carboxylic acids is 1. The number of hydrogen-bond donors (Lipinski definition) is 2. The third kappa shape index (κ3) is 5.05. The summed E-state index contributed by atoms with van der Waals surface area (Å²) in [6, 6.07) is 26.5. The Morgan fingerprint density at radius 3 is 1.78 bits per heavy atom. The lowest BCUT2D eigenvalue weighted by molar-refractivity contribution is -0.121. The van der Waals surface area contributed by atoms with Crippen molar-refractivity contribution in [2.45, 2.75) is 18.9 Å². The normalized spacial score (nSPS) is 10.6. The number of benzene rings is 3. The van der Waals surface area contributed by atoms with Gasteiger partial charge in [0.2, 0.25) is 5.91 Å². The topological polar surface area (TPSA) is 66.4 Å². The van der Waals surface area contributed by atoms with E-state index >= 15 is 0 Å². The maximum absolute atomic E-state index is 12.5. The van der Waals surface area contributed by atoms with Crippen LogP contribution in [-0.4, -0.2) is 17.0 Å². The highest BCUT2D eigenvalue weighted by Crippen LogP contribution is 2.27. The number of hydrogen-bond acceptors (Lipinski definition) is 2. The summed E-state index contributed by atoms with van der Waals surface area (Å²) in [7, 11) is 0. The molecule has 0 fully saturated rings. The van der Waals surface area contributed by atoms with E-state index in [1.54, 1.807) is 24.3 Å². The first-order chi connectivity index (χ1) is 13.1. The molecule has 0 atom stereocenters. The number of aromatic carboxylic acids is 1. The molecule has 3 aromatic carbocycles. The first-order valence-electron chi connectivity index (χ1n) is 8.82. The molecule has 0 bridgehead atoms. The lowest BCUT2D eigenvalue weighted by atomic mass is 9.88. The van der Waals surface area contributed by atoms with Crippen molar-refractivity contribution < 1.29 is 14.7 Å². The molecule has 4 nitrogen and oxygen atoms in total. The van der Waals surface area contributed by atoms with Gasteiger partial charge in [0.25, 0.3) is 0 Å². The molecule has 1 amide bonds. The summed E-state index contributed by atoms with van der Waals surface area (Å²) in [6.45, 7) is 0.370. The zero-order chi connectivity index (χ0) is 19.1. The van der Waals surface area contributed by atoms with Crippen molar-refractivity contribution in [3.8, 4) is 0 Å². The van der Waals surface area contributed by atoms with Gasteiger partial charge in [0.1, 0.15) is 0 Å². The van der Waals surface area contributed by atoms with Crippen LogP contribution in [-0.2, 0) is 11.3 Å². The molecular weight excluding hydrogens is 338 g/mol. The summed E-state index contributed by atoms with van der Waals surface area (Å²) in [5, 5.41) is 11.9. The Kier molecular flexibility index (Phi) is 6.00. The molecule has 0 saturated heterocycles. The van der Waals surface area contributed by atoms with Crippen LogP contribution in [0.5, 0.6) is 0 Å². The smallest absolute Gasteiger partial charge is 0.335 e. The Bertz CT molecular complexity index is 850. The molecule has 2 N–H and O–H groups in total. The fourth-order valence-corrected chi connectivity index (χ4v) is 3.02. The number of carbonyl (C=O) groups excluding carboxylic acids is 1. The van der Waals surface area contributed by atoms with Crippen LogP contribution in [0.4, 0.5) is 0 Å². The van der Waals surface area contributed by atoms with Crippen molar-refractivity contribution in [1.82, 2.24) is 5.32 Å². The Morgan fingerprint density at radius 2 is 1.30 bits per heavy atom. The second kappa shape index (κ2) is 8.81. The molecule has 0 aliphatic heterocycles. The highest BCUT2D eigenvalue weighted by atomic mass is 16.4. The van der Waals surface area contributed by atoms with E-state index in [0.717, 1.165) is 16.7 Å². The van der Waals surface area contributed by atoms with E-state index in [0.29, 0.717) is 13.0 Å². The van der Waals surface area contributed by atoms with Crippen molar-refractivity contribution >= 4 is 11.9 Å². The molecule has 0 aliphatic rings. The quantitative estimate of drug-likeness (QED) is 0.664. The highest BCUT2D eigenvalue weighted by Gasteiger charge is 2.17. The summed E-state index contributed by atoms with van der Waals surface area (Å²) in [4.78, 5) is 23.4. The maximum Gasteiger partial charge on any atom is 0.335 e. The average molecular weight is 359 g/mol. The molecule has 0 radical (unpaired) electrons. The van der Waals surface area contributed by atoms with Gasteiger partial charge in [-0.3, -0.25) is 4.79 Å². The predicted molar refractivity (Wildman–Crippen MR) is 105 cm³/mol. The second-order valence-electron chi connectivity index (χ2n) is 6.36. The van der Waals surface area contributed by atoms with Gasteiger partial charge >= 0.3 is 5.97 Å². The van der Waals surface area contributed by atoms with Crippen molar-refractivity contribution in [3.63, 3.8) is 0 Å². The van der Waals surface area contributed by atoms with Crippen molar-refractivity contribution in [1.29, 1.82) is 0 Å². The summed E-state index contributed by atoms with van der Waals surface area (Å²) in [6.07, 6.45) is 0.348. The molecular formula is C23H21NO3. The summed E-state index contributed by atoms with van der Waals surface area (Å²) >= 11 is 0. The average Bonchev–Trinajstić information content (AvgIpc) is 2.72. The van der Waals surface area contributed by atoms with Gasteiger partial charge in [0.15, 0.2) is 0 Å². The number of amides is 1. The molecule has 136 valence electrons. The molecule has 0 saturated carbocycles. The minimum atomic E-state index is -0.959. The van der Waals surface area contributed by atoms with Gasteiger partial charge in [-0.2, -0.15) is 0 Å². The van der Waals surface area contributed by atoms with Gasteiger partial charge in [-0.05, 0) is 28.8 Å². The third-order valence-corrected chi connectivity index (χ3v) is 4.48. The number of rotatable bonds is 7. The monoisotopic (exact) mass is 359 g/mol. The molecule has 0 unspecified atom stereocenters. The lowest BCUT2D eigenvalue weighted by Crippen LogP contribution is -2.25.